The number of imide groups is 1. The molecule has 3 aromatic rings. The van der Waals surface area contributed by atoms with E-state index in [0.29, 0.717) is 22.4 Å². The van der Waals surface area contributed by atoms with Gasteiger partial charge < -0.3 is 4.74 Å². The average molecular weight is 625 g/mol. The molecule has 5 rings (SSSR count). The molecule has 1 fully saturated rings. The van der Waals surface area contributed by atoms with Gasteiger partial charge in [0.1, 0.15) is 5.60 Å². The summed E-state index contributed by atoms with van der Waals surface area (Å²) < 4.78 is 7.15. The molecule has 2 amide bonds. The van der Waals surface area contributed by atoms with Crippen molar-refractivity contribution >= 4 is 61.1 Å². The Kier molecular flexibility index (Phi) is 6.23. The molecule has 1 saturated carbocycles. The first-order valence-corrected chi connectivity index (χ1v) is 13.3. The number of amides is 2. The van der Waals surface area contributed by atoms with Gasteiger partial charge in [0.2, 0.25) is 5.91 Å². The Morgan fingerprint density at radius 2 is 1.24 bits per heavy atom. The molecule has 188 valence electrons. The molecule has 1 aliphatic heterocycles. The fraction of sp³-hybridized carbons (Fsp3) is 0.241. The first-order chi connectivity index (χ1) is 17.5. The van der Waals surface area contributed by atoms with E-state index in [1.54, 1.807) is 93.6 Å². The normalized spacial score (nSPS) is 22.1. The Balaban J connectivity index is 1.65. The van der Waals surface area contributed by atoms with Gasteiger partial charge in [-0.25, -0.2) is 9.69 Å². The van der Waals surface area contributed by atoms with Gasteiger partial charge in [0.25, 0.3) is 0 Å². The third-order valence-corrected chi connectivity index (χ3v) is 7.81. The second-order valence-corrected chi connectivity index (χ2v) is 12.0. The van der Waals surface area contributed by atoms with Crippen LogP contribution in [-0.2, 0) is 14.9 Å². The molecule has 0 bridgehead atoms. The van der Waals surface area contributed by atoms with Crippen molar-refractivity contribution in [2.24, 2.45) is 11.8 Å². The van der Waals surface area contributed by atoms with Crippen LogP contribution >= 0.6 is 31.9 Å². The van der Waals surface area contributed by atoms with Crippen molar-refractivity contribution in [3.8, 4) is 0 Å². The molecule has 1 heterocycles. The summed E-state index contributed by atoms with van der Waals surface area (Å²) in [5.74, 6) is -3.19. The molecule has 6 nitrogen and oxygen atoms in total. The van der Waals surface area contributed by atoms with Crippen molar-refractivity contribution in [1.29, 1.82) is 0 Å². The Morgan fingerprint density at radius 1 is 0.784 bits per heavy atom. The van der Waals surface area contributed by atoms with Crippen molar-refractivity contribution in [1.82, 2.24) is 0 Å². The number of fused-ring (bicyclic) bond motifs is 2. The maximum absolute atomic E-state index is 14.2. The first-order valence-electron chi connectivity index (χ1n) is 11.7. The zero-order valence-electron chi connectivity index (χ0n) is 20.3. The number of Topliss-reactive ketones (excluding diaryl/α,β-unsaturated/α-hetero) is 2. The van der Waals surface area contributed by atoms with Crippen molar-refractivity contribution in [3.63, 3.8) is 0 Å². The molecule has 3 aromatic carbocycles. The second kappa shape index (κ2) is 9.03. The quantitative estimate of drug-likeness (QED) is 0.300. The topological polar surface area (TPSA) is 80.8 Å². The van der Waals surface area contributed by atoms with Crippen LogP contribution in [-0.4, -0.2) is 29.2 Å². The highest BCUT2D eigenvalue weighted by Gasteiger charge is 2.80. The number of ether oxygens (including phenoxy) is 1. The molecular formula is C29H23Br2NO5. The van der Waals surface area contributed by atoms with Crippen LogP contribution in [0, 0.1) is 11.8 Å². The van der Waals surface area contributed by atoms with E-state index in [4.69, 9.17) is 4.74 Å². The number of hydrogen-bond donors (Lipinski definition) is 0. The summed E-state index contributed by atoms with van der Waals surface area (Å²) in [7, 11) is 0. The van der Waals surface area contributed by atoms with Crippen LogP contribution in [0.1, 0.15) is 47.1 Å². The maximum atomic E-state index is 14.2. The van der Waals surface area contributed by atoms with Crippen molar-refractivity contribution in [2.75, 3.05) is 4.90 Å². The third-order valence-electron chi connectivity index (χ3n) is 6.75. The van der Waals surface area contributed by atoms with E-state index in [2.05, 4.69) is 31.9 Å². The fourth-order valence-corrected chi connectivity index (χ4v) is 5.74. The molecule has 0 radical (unpaired) electrons. The molecule has 0 N–H and O–H groups in total. The summed E-state index contributed by atoms with van der Waals surface area (Å²) in [5.41, 5.74) is -0.746. The summed E-state index contributed by atoms with van der Waals surface area (Å²) in [5, 5.41) is 0. The molecule has 2 atom stereocenters. The molecule has 0 aromatic heterocycles. The smallest absolute Gasteiger partial charge is 0.421 e. The minimum Gasteiger partial charge on any atom is -0.443 e. The number of carbonyl (C=O) groups is 4. The van der Waals surface area contributed by atoms with E-state index in [0.717, 1.165) is 13.8 Å². The molecule has 0 unspecified atom stereocenters. The van der Waals surface area contributed by atoms with E-state index in [1.807, 2.05) is 0 Å². The van der Waals surface area contributed by atoms with Crippen molar-refractivity contribution < 1.29 is 23.9 Å². The van der Waals surface area contributed by atoms with Crippen LogP contribution in [0.2, 0.25) is 0 Å². The van der Waals surface area contributed by atoms with Crippen LogP contribution < -0.4 is 4.90 Å². The lowest BCUT2D eigenvalue weighted by Crippen LogP contribution is -2.42. The zero-order chi connectivity index (χ0) is 26.7. The van der Waals surface area contributed by atoms with E-state index in [-0.39, 0.29) is 11.6 Å². The number of para-hydroxylation sites is 1. The largest absolute Gasteiger partial charge is 0.443 e. The number of rotatable bonds is 4. The van der Waals surface area contributed by atoms with Gasteiger partial charge in [-0.1, -0.05) is 74.3 Å². The average Bonchev–Trinajstić information content (AvgIpc) is 3.47. The van der Waals surface area contributed by atoms with Crippen LogP contribution in [0.25, 0.3) is 0 Å². The standard InChI is InChI=1S/C29H23Br2NO5/c1-28(2,3)37-27(36)32-21-7-5-4-6-20(21)29(26(32)35)22(24(33)16-8-12-18(30)13-9-16)23(29)25(34)17-10-14-19(31)15-11-17/h4-15,22-23H,1-3H3/t22-,23-/m1/s1. The minimum atomic E-state index is -1.50. The highest BCUT2D eigenvalue weighted by molar-refractivity contribution is 9.10. The van der Waals surface area contributed by atoms with E-state index in [1.165, 1.54) is 0 Å². The lowest BCUT2D eigenvalue weighted by Gasteiger charge is -2.24. The highest BCUT2D eigenvalue weighted by Crippen LogP contribution is 2.67. The number of ketones is 2. The van der Waals surface area contributed by atoms with E-state index < -0.39 is 34.9 Å². The van der Waals surface area contributed by atoms with Crippen LogP contribution in [0.15, 0.2) is 81.7 Å². The predicted molar refractivity (Wildman–Crippen MR) is 146 cm³/mol. The number of hydrogen-bond acceptors (Lipinski definition) is 5. The minimum absolute atomic E-state index is 0.322. The predicted octanol–water partition coefficient (Wildman–Crippen LogP) is 6.74. The SMILES string of the molecule is CC(C)(C)OC(=O)N1C(=O)C2(c3ccccc31)[C@@H](C(=O)c1ccc(Br)cc1)[C@@H]2C(=O)c1ccc(Br)cc1. The number of nitrogens with zero attached hydrogens (tertiary/aromatic N) is 1. The van der Waals surface area contributed by atoms with Gasteiger partial charge in [0.15, 0.2) is 11.6 Å². The van der Waals surface area contributed by atoms with Gasteiger partial charge in [0, 0.05) is 20.1 Å². The number of halogens is 2. The third kappa shape index (κ3) is 4.16. The van der Waals surface area contributed by atoms with Crippen LogP contribution in [0.4, 0.5) is 10.5 Å². The molecule has 37 heavy (non-hydrogen) atoms. The number of carbonyl (C=O) groups excluding carboxylic acids is 4. The summed E-state index contributed by atoms with van der Waals surface area (Å²) in [4.78, 5) is 56.1. The first kappa shape index (κ1) is 25.5. The van der Waals surface area contributed by atoms with Crippen LogP contribution in [0.5, 0.6) is 0 Å². The Morgan fingerprint density at radius 3 is 1.70 bits per heavy atom. The second-order valence-electron chi connectivity index (χ2n) is 10.2. The number of benzene rings is 3. The van der Waals surface area contributed by atoms with Gasteiger partial charge >= 0.3 is 6.09 Å². The molecule has 1 aliphatic carbocycles. The Bertz CT molecular complexity index is 1380. The molecule has 1 spiro atoms. The lowest BCUT2D eigenvalue weighted by molar-refractivity contribution is -0.120. The highest BCUT2D eigenvalue weighted by atomic mass is 79.9. The molecule has 2 aliphatic rings. The molecule has 0 saturated heterocycles. The van der Waals surface area contributed by atoms with E-state index >= 15 is 0 Å². The summed E-state index contributed by atoms with van der Waals surface area (Å²) in [6.07, 6.45) is -0.835. The molecule has 8 heteroatoms. The van der Waals surface area contributed by atoms with Gasteiger partial charge in [-0.05, 0) is 56.7 Å². The van der Waals surface area contributed by atoms with Crippen LogP contribution in [0.3, 0.4) is 0 Å². The summed E-state index contributed by atoms with van der Waals surface area (Å²) >= 11 is 6.75. The summed E-state index contributed by atoms with van der Waals surface area (Å²) in [6, 6.07) is 20.4. The summed E-state index contributed by atoms with van der Waals surface area (Å²) in [6.45, 7) is 5.14. The maximum Gasteiger partial charge on any atom is 0.421 e. The van der Waals surface area contributed by atoms with Gasteiger partial charge in [-0.3, -0.25) is 14.4 Å². The monoisotopic (exact) mass is 623 g/mol. The van der Waals surface area contributed by atoms with Gasteiger partial charge in [-0.2, -0.15) is 0 Å². The van der Waals surface area contributed by atoms with Gasteiger partial charge in [0.05, 0.1) is 22.9 Å². The van der Waals surface area contributed by atoms with Crippen molar-refractivity contribution in [3.05, 3.63) is 98.4 Å². The molecular weight excluding hydrogens is 602 g/mol. The van der Waals surface area contributed by atoms with Crippen molar-refractivity contribution in [2.45, 2.75) is 31.8 Å². The van der Waals surface area contributed by atoms with Gasteiger partial charge in [-0.15, -0.1) is 0 Å². The lowest BCUT2D eigenvalue weighted by atomic mass is 9.90. The number of anilines is 1. The zero-order valence-corrected chi connectivity index (χ0v) is 23.5. The fourth-order valence-electron chi connectivity index (χ4n) is 5.21. The Labute approximate surface area is 231 Å². The van der Waals surface area contributed by atoms with E-state index in [9.17, 15) is 19.2 Å². The Hall–Kier alpha value is -3.10.